The van der Waals surface area contributed by atoms with Crippen molar-refractivity contribution in [2.75, 3.05) is 51.8 Å². The molecule has 0 radical (unpaired) electrons. The Morgan fingerprint density at radius 1 is 1.23 bits per heavy atom. The van der Waals surface area contributed by atoms with Gasteiger partial charge >= 0.3 is 0 Å². The summed E-state index contributed by atoms with van der Waals surface area (Å²) in [6.07, 6.45) is 1.02. The number of thiocarbonyl (C=S) groups is 1. The van der Waals surface area contributed by atoms with Gasteiger partial charge in [0.1, 0.15) is 5.75 Å². The van der Waals surface area contributed by atoms with Crippen molar-refractivity contribution in [2.24, 2.45) is 0 Å². The standard InChI is InChI=1S/C23H30ClN3O2S/c1-18-6-3-9-21(22(18)24)25-23(30)27(11-5-10-26-12-14-29-15-13-26)17-19-7-4-8-20(16-19)28-2/h3-4,6-9,16H,5,10-15,17H2,1-2H3,(H,25,30). The SMILES string of the molecule is COc1cccc(CN(CCCN2CCOCC2)C(=S)Nc2cccc(C)c2Cl)c1. The van der Waals surface area contributed by atoms with E-state index < -0.39 is 0 Å². The van der Waals surface area contributed by atoms with Gasteiger partial charge in [0.25, 0.3) is 0 Å². The van der Waals surface area contributed by atoms with Gasteiger partial charge in [-0.15, -0.1) is 0 Å². The average Bonchev–Trinajstić information content (AvgIpc) is 2.77. The normalized spacial score (nSPS) is 14.4. The number of nitrogens with one attached hydrogen (secondary N) is 1. The third kappa shape index (κ3) is 6.57. The number of ether oxygens (including phenoxy) is 2. The van der Waals surface area contributed by atoms with E-state index in [1.54, 1.807) is 7.11 Å². The van der Waals surface area contributed by atoms with Gasteiger partial charge in [-0.2, -0.15) is 0 Å². The highest BCUT2D eigenvalue weighted by Gasteiger charge is 2.15. The number of aryl methyl sites for hydroxylation is 1. The van der Waals surface area contributed by atoms with Crippen LogP contribution in [0.2, 0.25) is 5.02 Å². The highest BCUT2D eigenvalue weighted by molar-refractivity contribution is 7.80. The van der Waals surface area contributed by atoms with Gasteiger partial charge in [0.05, 0.1) is 31.0 Å². The zero-order chi connectivity index (χ0) is 21.3. The molecule has 0 saturated carbocycles. The van der Waals surface area contributed by atoms with E-state index in [9.17, 15) is 0 Å². The van der Waals surface area contributed by atoms with Crippen LogP contribution >= 0.6 is 23.8 Å². The zero-order valence-electron chi connectivity index (χ0n) is 17.7. The smallest absolute Gasteiger partial charge is 0.173 e. The fourth-order valence-electron chi connectivity index (χ4n) is 3.49. The quantitative estimate of drug-likeness (QED) is 0.597. The third-order valence-corrected chi connectivity index (χ3v) is 6.10. The molecule has 0 aliphatic carbocycles. The summed E-state index contributed by atoms with van der Waals surface area (Å²) in [5, 5.41) is 4.73. The minimum Gasteiger partial charge on any atom is -0.497 e. The largest absolute Gasteiger partial charge is 0.497 e. The molecule has 0 spiro atoms. The lowest BCUT2D eigenvalue weighted by molar-refractivity contribution is 0.0368. The van der Waals surface area contributed by atoms with Crippen molar-refractivity contribution in [1.29, 1.82) is 0 Å². The van der Waals surface area contributed by atoms with Crippen molar-refractivity contribution in [3.63, 3.8) is 0 Å². The van der Waals surface area contributed by atoms with Gasteiger partial charge in [0.2, 0.25) is 0 Å². The maximum absolute atomic E-state index is 6.47. The number of rotatable bonds is 8. The highest BCUT2D eigenvalue weighted by Crippen LogP contribution is 2.25. The van der Waals surface area contributed by atoms with Gasteiger partial charge in [0.15, 0.2) is 5.11 Å². The lowest BCUT2D eigenvalue weighted by Gasteiger charge is -2.30. The summed E-state index contributed by atoms with van der Waals surface area (Å²) < 4.78 is 10.8. The summed E-state index contributed by atoms with van der Waals surface area (Å²) in [7, 11) is 1.69. The monoisotopic (exact) mass is 447 g/mol. The Kier molecular flexibility index (Phi) is 8.75. The van der Waals surface area contributed by atoms with Crippen LogP contribution in [0.15, 0.2) is 42.5 Å². The molecule has 1 heterocycles. The first-order valence-electron chi connectivity index (χ1n) is 10.3. The number of morpholine rings is 1. The van der Waals surface area contributed by atoms with Crippen molar-refractivity contribution < 1.29 is 9.47 Å². The molecule has 0 aromatic heterocycles. The molecule has 1 N–H and O–H groups in total. The van der Waals surface area contributed by atoms with Gasteiger partial charge in [-0.25, -0.2) is 0 Å². The first-order chi connectivity index (χ1) is 14.6. The minimum atomic E-state index is 0.673. The first kappa shape index (κ1) is 22.8. The lowest BCUT2D eigenvalue weighted by Crippen LogP contribution is -2.40. The van der Waals surface area contributed by atoms with E-state index in [4.69, 9.17) is 33.3 Å². The summed E-state index contributed by atoms with van der Waals surface area (Å²) in [5.74, 6) is 0.848. The van der Waals surface area contributed by atoms with Crippen molar-refractivity contribution in [3.05, 3.63) is 58.6 Å². The van der Waals surface area contributed by atoms with Crippen LogP contribution in [0.1, 0.15) is 17.5 Å². The van der Waals surface area contributed by atoms with Crippen LogP contribution in [-0.2, 0) is 11.3 Å². The number of hydrogen-bond donors (Lipinski definition) is 1. The molecule has 30 heavy (non-hydrogen) atoms. The van der Waals surface area contributed by atoms with E-state index >= 15 is 0 Å². The first-order valence-corrected chi connectivity index (χ1v) is 11.1. The summed E-state index contributed by atoms with van der Waals surface area (Å²) in [6.45, 7) is 8.21. The van der Waals surface area contributed by atoms with Crippen LogP contribution < -0.4 is 10.1 Å². The van der Waals surface area contributed by atoms with Crippen molar-refractivity contribution in [2.45, 2.75) is 19.9 Å². The number of benzene rings is 2. The maximum atomic E-state index is 6.47. The average molecular weight is 448 g/mol. The van der Waals surface area contributed by atoms with E-state index in [0.29, 0.717) is 16.7 Å². The molecule has 2 aromatic rings. The summed E-state index contributed by atoms with van der Waals surface area (Å²) >= 11 is 12.3. The molecule has 7 heteroatoms. The van der Waals surface area contributed by atoms with Crippen LogP contribution in [0.3, 0.4) is 0 Å². The molecule has 0 amide bonds. The molecule has 1 saturated heterocycles. The van der Waals surface area contributed by atoms with Crippen LogP contribution in [0.5, 0.6) is 5.75 Å². The summed E-state index contributed by atoms with van der Waals surface area (Å²) in [4.78, 5) is 4.64. The molecule has 3 rings (SSSR count). The molecule has 162 valence electrons. The zero-order valence-corrected chi connectivity index (χ0v) is 19.3. The van der Waals surface area contributed by atoms with Gasteiger partial charge in [0, 0.05) is 32.7 Å². The molecule has 2 aromatic carbocycles. The third-order valence-electron chi connectivity index (χ3n) is 5.23. The number of nitrogens with zero attached hydrogens (tertiary/aromatic N) is 2. The Morgan fingerprint density at radius 2 is 2.00 bits per heavy atom. The Morgan fingerprint density at radius 3 is 2.77 bits per heavy atom. The molecular weight excluding hydrogens is 418 g/mol. The maximum Gasteiger partial charge on any atom is 0.173 e. The molecule has 1 fully saturated rings. The Balaban J connectivity index is 1.68. The molecule has 1 aliphatic heterocycles. The summed E-state index contributed by atoms with van der Waals surface area (Å²) in [6, 6.07) is 14.0. The van der Waals surface area contributed by atoms with E-state index in [1.807, 2.05) is 37.3 Å². The van der Waals surface area contributed by atoms with Crippen molar-refractivity contribution >= 4 is 34.6 Å². The van der Waals surface area contributed by atoms with E-state index in [0.717, 1.165) is 68.4 Å². The predicted octanol–water partition coefficient (Wildman–Crippen LogP) is 4.58. The highest BCUT2D eigenvalue weighted by atomic mass is 35.5. The topological polar surface area (TPSA) is 37.0 Å². The van der Waals surface area contributed by atoms with Crippen molar-refractivity contribution in [3.8, 4) is 5.75 Å². The Hall–Kier alpha value is -1.86. The number of hydrogen-bond acceptors (Lipinski definition) is 4. The molecule has 0 atom stereocenters. The number of methoxy groups -OCH3 is 1. The Bertz CT molecular complexity index is 843. The van der Waals surface area contributed by atoms with Gasteiger partial charge in [-0.05, 0) is 54.9 Å². The van der Waals surface area contributed by atoms with Crippen LogP contribution in [0.4, 0.5) is 5.69 Å². The molecule has 1 aliphatic rings. The van der Waals surface area contributed by atoms with Crippen LogP contribution in [0, 0.1) is 6.92 Å². The van der Waals surface area contributed by atoms with Crippen LogP contribution in [0.25, 0.3) is 0 Å². The van der Waals surface area contributed by atoms with E-state index in [-0.39, 0.29) is 0 Å². The molecule has 0 bridgehead atoms. The van der Waals surface area contributed by atoms with Gasteiger partial charge < -0.3 is 19.7 Å². The predicted molar refractivity (Wildman–Crippen MR) is 128 cm³/mol. The fraction of sp³-hybridized carbons (Fsp3) is 0.435. The second-order valence-corrected chi connectivity index (χ2v) is 8.21. The van der Waals surface area contributed by atoms with Gasteiger partial charge in [-0.1, -0.05) is 35.9 Å². The lowest BCUT2D eigenvalue weighted by atomic mass is 10.2. The van der Waals surface area contributed by atoms with Crippen LogP contribution in [-0.4, -0.2) is 61.4 Å². The Labute approximate surface area is 189 Å². The van der Waals surface area contributed by atoms with Crippen molar-refractivity contribution in [1.82, 2.24) is 9.80 Å². The van der Waals surface area contributed by atoms with Gasteiger partial charge in [-0.3, -0.25) is 4.90 Å². The summed E-state index contributed by atoms with van der Waals surface area (Å²) in [5.41, 5.74) is 3.02. The van der Waals surface area contributed by atoms with E-state index in [1.165, 1.54) is 0 Å². The number of anilines is 1. The molecule has 0 unspecified atom stereocenters. The molecular formula is C23H30ClN3O2S. The molecule has 5 nitrogen and oxygen atoms in total. The second kappa shape index (κ2) is 11.5. The fourth-order valence-corrected chi connectivity index (χ4v) is 3.93. The van der Waals surface area contributed by atoms with E-state index in [2.05, 4.69) is 27.2 Å². The number of halogens is 1. The minimum absolute atomic E-state index is 0.673. The second-order valence-electron chi connectivity index (χ2n) is 7.45.